The van der Waals surface area contributed by atoms with Gasteiger partial charge in [-0.25, -0.2) is 13.4 Å². The number of carbonyl (C=O) groups is 1. The molecule has 0 bridgehead atoms. The number of hydrogen-bond acceptors (Lipinski definition) is 5. The summed E-state index contributed by atoms with van der Waals surface area (Å²) in [5, 5.41) is 6.50. The summed E-state index contributed by atoms with van der Waals surface area (Å²) in [6, 6.07) is 7.27. The van der Waals surface area contributed by atoms with E-state index in [1.165, 1.54) is 0 Å². The first-order chi connectivity index (χ1) is 10.4. The van der Waals surface area contributed by atoms with Gasteiger partial charge in [0.1, 0.15) is 0 Å². The van der Waals surface area contributed by atoms with Crippen molar-refractivity contribution in [2.24, 2.45) is 0 Å². The number of thiazole rings is 1. The number of rotatable bonds is 6. The smallest absolute Gasteiger partial charge is 0.225 e. The van der Waals surface area contributed by atoms with Crippen molar-refractivity contribution >= 4 is 32.8 Å². The molecule has 0 saturated carbocycles. The standard InChI is InChI=1S/C15H16N2O3S2/c1-3-22(19,20)9-8-15(18)17-13-6-4-12(5-7-13)14-10-21-11(2)16-14/h3-7,10H,1,8-9H2,2H3,(H,17,18). The van der Waals surface area contributed by atoms with Crippen LogP contribution in [-0.2, 0) is 14.6 Å². The van der Waals surface area contributed by atoms with Gasteiger partial charge in [0, 0.05) is 28.5 Å². The molecule has 1 aromatic carbocycles. The molecule has 0 unspecified atom stereocenters. The third-order valence-corrected chi connectivity index (χ3v) is 5.01. The van der Waals surface area contributed by atoms with Crippen LogP contribution in [0.2, 0.25) is 0 Å². The summed E-state index contributed by atoms with van der Waals surface area (Å²) in [7, 11) is -3.35. The van der Waals surface area contributed by atoms with Gasteiger partial charge in [0.25, 0.3) is 0 Å². The summed E-state index contributed by atoms with van der Waals surface area (Å²) < 4.78 is 22.5. The second-order valence-corrected chi connectivity index (χ2v) is 7.79. The minimum atomic E-state index is -3.35. The largest absolute Gasteiger partial charge is 0.326 e. The Kier molecular flexibility index (Phi) is 5.10. The molecule has 22 heavy (non-hydrogen) atoms. The van der Waals surface area contributed by atoms with Gasteiger partial charge >= 0.3 is 0 Å². The number of amides is 1. The zero-order chi connectivity index (χ0) is 16.2. The van der Waals surface area contributed by atoms with Crippen LogP contribution in [0.15, 0.2) is 41.6 Å². The van der Waals surface area contributed by atoms with E-state index in [4.69, 9.17) is 0 Å². The maximum atomic E-state index is 11.7. The molecule has 0 fully saturated rings. The van der Waals surface area contributed by atoms with Crippen molar-refractivity contribution in [1.29, 1.82) is 0 Å². The molecule has 0 aliphatic rings. The maximum Gasteiger partial charge on any atom is 0.225 e. The van der Waals surface area contributed by atoms with E-state index >= 15 is 0 Å². The molecule has 2 rings (SSSR count). The predicted octanol–water partition coefficient (Wildman–Crippen LogP) is 3.01. The summed E-state index contributed by atoms with van der Waals surface area (Å²) in [5.41, 5.74) is 2.49. The van der Waals surface area contributed by atoms with Gasteiger partial charge in [0.05, 0.1) is 16.5 Å². The van der Waals surface area contributed by atoms with E-state index in [0.717, 1.165) is 21.7 Å². The van der Waals surface area contributed by atoms with Crippen molar-refractivity contribution < 1.29 is 13.2 Å². The quantitative estimate of drug-likeness (QED) is 0.880. The number of nitrogens with zero attached hydrogens (tertiary/aromatic N) is 1. The first-order valence-electron chi connectivity index (χ1n) is 6.57. The van der Waals surface area contributed by atoms with Gasteiger partial charge in [0.2, 0.25) is 5.91 Å². The molecule has 1 amide bonds. The molecule has 5 nitrogen and oxygen atoms in total. The molecule has 1 heterocycles. The van der Waals surface area contributed by atoms with Crippen molar-refractivity contribution in [2.45, 2.75) is 13.3 Å². The van der Waals surface area contributed by atoms with Gasteiger partial charge < -0.3 is 5.32 Å². The molecular formula is C15H16N2O3S2. The number of anilines is 1. The van der Waals surface area contributed by atoms with Gasteiger partial charge in [-0.2, -0.15) is 0 Å². The van der Waals surface area contributed by atoms with Gasteiger partial charge in [-0.15, -0.1) is 11.3 Å². The Hall–Kier alpha value is -1.99. The molecule has 0 radical (unpaired) electrons. The highest BCUT2D eigenvalue weighted by Gasteiger charge is 2.10. The lowest BCUT2D eigenvalue weighted by atomic mass is 10.1. The fraction of sp³-hybridized carbons (Fsp3) is 0.200. The Morgan fingerprint density at radius 3 is 2.59 bits per heavy atom. The van der Waals surface area contributed by atoms with Gasteiger partial charge in [-0.05, 0) is 19.1 Å². The van der Waals surface area contributed by atoms with E-state index < -0.39 is 9.84 Å². The van der Waals surface area contributed by atoms with Crippen LogP contribution in [0.3, 0.4) is 0 Å². The molecular weight excluding hydrogens is 320 g/mol. The number of carbonyl (C=O) groups excluding carboxylic acids is 1. The van der Waals surface area contributed by atoms with Crippen LogP contribution in [0.4, 0.5) is 5.69 Å². The number of hydrogen-bond donors (Lipinski definition) is 1. The fourth-order valence-electron chi connectivity index (χ4n) is 1.76. The minimum Gasteiger partial charge on any atom is -0.326 e. The number of sulfone groups is 1. The molecule has 0 atom stereocenters. The normalized spacial score (nSPS) is 11.1. The van der Waals surface area contributed by atoms with Gasteiger partial charge in [0.15, 0.2) is 9.84 Å². The van der Waals surface area contributed by atoms with Crippen molar-refractivity contribution in [2.75, 3.05) is 11.1 Å². The van der Waals surface area contributed by atoms with Crippen LogP contribution in [0.25, 0.3) is 11.3 Å². The van der Waals surface area contributed by atoms with Crippen LogP contribution in [0.5, 0.6) is 0 Å². The van der Waals surface area contributed by atoms with Crippen LogP contribution in [-0.4, -0.2) is 25.1 Å². The van der Waals surface area contributed by atoms with E-state index in [0.29, 0.717) is 5.69 Å². The summed E-state index contributed by atoms with van der Waals surface area (Å²) >= 11 is 1.58. The van der Waals surface area contributed by atoms with Gasteiger partial charge in [-0.1, -0.05) is 18.7 Å². The van der Waals surface area contributed by atoms with Crippen LogP contribution < -0.4 is 5.32 Å². The third-order valence-electron chi connectivity index (χ3n) is 2.95. The first kappa shape index (κ1) is 16.4. The fourth-order valence-corrected chi connectivity index (χ4v) is 3.02. The zero-order valence-electron chi connectivity index (χ0n) is 12.1. The monoisotopic (exact) mass is 336 g/mol. The van der Waals surface area contributed by atoms with Crippen molar-refractivity contribution in [3.63, 3.8) is 0 Å². The first-order valence-corrected chi connectivity index (χ1v) is 9.17. The van der Waals surface area contributed by atoms with Crippen molar-refractivity contribution in [3.05, 3.63) is 46.6 Å². The third kappa shape index (κ3) is 4.51. The highest BCUT2D eigenvalue weighted by atomic mass is 32.2. The Labute approximate surface area is 133 Å². The van der Waals surface area contributed by atoms with E-state index in [9.17, 15) is 13.2 Å². The van der Waals surface area contributed by atoms with Gasteiger partial charge in [-0.3, -0.25) is 4.79 Å². The highest BCUT2D eigenvalue weighted by Crippen LogP contribution is 2.23. The number of aromatic nitrogens is 1. The Balaban J connectivity index is 1.96. The zero-order valence-corrected chi connectivity index (χ0v) is 13.7. The molecule has 0 aliphatic carbocycles. The van der Waals surface area contributed by atoms with Crippen molar-refractivity contribution in [1.82, 2.24) is 4.98 Å². The Morgan fingerprint density at radius 1 is 1.36 bits per heavy atom. The molecule has 1 N–H and O–H groups in total. The van der Waals surface area contributed by atoms with E-state index in [1.54, 1.807) is 23.5 Å². The molecule has 1 aromatic heterocycles. The van der Waals surface area contributed by atoms with E-state index in [2.05, 4.69) is 16.9 Å². The molecule has 0 saturated heterocycles. The lowest BCUT2D eigenvalue weighted by Gasteiger charge is -2.05. The van der Waals surface area contributed by atoms with E-state index in [1.807, 2.05) is 24.4 Å². The number of aryl methyl sites for hydroxylation is 1. The number of benzene rings is 1. The summed E-state index contributed by atoms with van der Waals surface area (Å²) in [5.74, 6) is -0.582. The predicted molar refractivity (Wildman–Crippen MR) is 89.5 cm³/mol. The lowest BCUT2D eigenvalue weighted by Crippen LogP contribution is -2.16. The highest BCUT2D eigenvalue weighted by molar-refractivity contribution is 7.94. The topological polar surface area (TPSA) is 76.1 Å². The number of nitrogens with one attached hydrogen (secondary N) is 1. The summed E-state index contributed by atoms with van der Waals surface area (Å²) in [4.78, 5) is 16.1. The Bertz CT molecular complexity index is 777. The summed E-state index contributed by atoms with van der Waals surface area (Å²) in [6.07, 6.45) is -0.0958. The average Bonchev–Trinajstić information content (AvgIpc) is 2.93. The lowest BCUT2D eigenvalue weighted by molar-refractivity contribution is -0.115. The molecule has 7 heteroatoms. The van der Waals surface area contributed by atoms with E-state index in [-0.39, 0.29) is 18.1 Å². The molecule has 116 valence electrons. The molecule has 0 spiro atoms. The van der Waals surface area contributed by atoms with Crippen LogP contribution >= 0.6 is 11.3 Å². The maximum absolute atomic E-state index is 11.7. The SMILES string of the molecule is C=CS(=O)(=O)CCC(=O)Nc1ccc(-c2csc(C)n2)cc1. The second-order valence-electron chi connectivity index (χ2n) is 4.66. The molecule has 0 aliphatic heterocycles. The average molecular weight is 336 g/mol. The van der Waals surface area contributed by atoms with Crippen LogP contribution in [0, 0.1) is 6.92 Å². The second kappa shape index (κ2) is 6.85. The summed E-state index contributed by atoms with van der Waals surface area (Å²) in [6.45, 7) is 5.15. The minimum absolute atomic E-state index is 0.0958. The van der Waals surface area contributed by atoms with Crippen molar-refractivity contribution in [3.8, 4) is 11.3 Å². The molecule has 2 aromatic rings. The van der Waals surface area contributed by atoms with Crippen LogP contribution in [0.1, 0.15) is 11.4 Å². The Morgan fingerprint density at radius 2 is 2.05 bits per heavy atom.